The lowest BCUT2D eigenvalue weighted by Crippen LogP contribution is -2.12. The van der Waals surface area contributed by atoms with E-state index in [4.69, 9.17) is 4.74 Å². The van der Waals surface area contributed by atoms with Gasteiger partial charge >= 0.3 is 0 Å². The second-order valence-electron chi connectivity index (χ2n) is 4.78. The number of benzene rings is 2. The highest BCUT2D eigenvalue weighted by atomic mass is 16.5. The van der Waals surface area contributed by atoms with E-state index in [1.165, 1.54) is 5.56 Å². The average molecular weight is 254 g/mol. The molecular weight excluding hydrogens is 236 g/mol. The number of carbonyl (C=O) groups excluding carboxylic acids is 1. The number of Topliss-reactive ketones (excluding diaryl/α,β-unsaturated/α-hetero) is 1. The Balaban J connectivity index is 2.04. The third-order valence-corrected chi connectivity index (χ3v) is 3.29. The van der Waals surface area contributed by atoms with Crippen LogP contribution in [0.4, 0.5) is 0 Å². The second kappa shape index (κ2) is 5.70. The van der Waals surface area contributed by atoms with Crippen LogP contribution in [0.25, 0.3) is 0 Å². The van der Waals surface area contributed by atoms with Gasteiger partial charge in [-0.15, -0.1) is 0 Å². The molecule has 0 aliphatic heterocycles. The van der Waals surface area contributed by atoms with Crippen molar-refractivity contribution in [3.63, 3.8) is 0 Å². The Morgan fingerprint density at radius 1 is 1.00 bits per heavy atom. The van der Waals surface area contributed by atoms with Crippen molar-refractivity contribution < 1.29 is 9.53 Å². The van der Waals surface area contributed by atoms with Gasteiger partial charge in [0.05, 0.1) is 0 Å². The summed E-state index contributed by atoms with van der Waals surface area (Å²) >= 11 is 0. The maximum Gasteiger partial charge on any atom is 0.200 e. The Labute approximate surface area is 114 Å². The highest BCUT2D eigenvalue weighted by molar-refractivity contribution is 5.97. The molecule has 2 nitrogen and oxygen atoms in total. The Morgan fingerprint density at radius 3 is 2.37 bits per heavy atom. The predicted molar refractivity (Wildman–Crippen MR) is 76.9 cm³/mol. The average Bonchev–Trinajstić information content (AvgIpc) is 2.41. The summed E-state index contributed by atoms with van der Waals surface area (Å²) in [5.74, 6) is 0.779. The number of hydrogen-bond donors (Lipinski definition) is 0. The van der Waals surface area contributed by atoms with Crippen LogP contribution in [-0.2, 0) is 0 Å². The van der Waals surface area contributed by atoms with Crippen LogP contribution in [0.2, 0.25) is 0 Å². The third kappa shape index (κ3) is 3.22. The summed E-state index contributed by atoms with van der Waals surface area (Å²) in [6.07, 6.45) is 0. The number of hydrogen-bond acceptors (Lipinski definition) is 2. The molecule has 98 valence electrons. The third-order valence-electron chi connectivity index (χ3n) is 3.29. The van der Waals surface area contributed by atoms with E-state index in [0.29, 0.717) is 5.56 Å². The summed E-state index contributed by atoms with van der Waals surface area (Å²) in [7, 11) is 0. The minimum atomic E-state index is 0.000839. The molecule has 2 heteroatoms. The van der Waals surface area contributed by atoms with Crippen LogP contribution in [0.1, 0.15) is 27.0 Å². The Hall–Kier alpha value is -2.09. The molecule has 2 aromatic carbocycles. The molecule has 0 bridgehead atoms. The molecule has 0 heterocycles. The zero-order valence-electron chi connectivity index (χ0n) is 11.6. The fourth-order valence-corrected chi connectivity index (χ4v) is 1.85. The van der Waals surface area contributed by atoms with E-state index in [2.05, 4.69) is 0 Å². The lowest BCUT2D eigenvalue weighted by Gasteiger charge is -2.10. The Kier molecular flexibility index (Phi) is 4.00. The first kappa shape index (κ1) is 13.3. The summed E-state index contributed by atoms with van der Waals surface area (Å²) in [5, 5.41) is 0. The topological polar surface area (TPSA) is 26.3 Å². The summed E-state index contributed by atoms with van der Waals surface area (Å²) < 4.78 is 5.61. The van der Waals surface area contributed by atoms with E-state index in [1.807, 2.05) is 63.2 Å². The molecular formula is C17H18O2. The van der Waals surface area contributed by atoms with Crippen LogP contribution in [0.5, 0.6) is 5.75 Å². The van der Waals surface area contributed by atoms with Crippen molar-refractivity contribution in [2.75, 3.05) is 6.61 Å². The molecule has 0 amide bonds. The lowest BCUT2D eigenvalue weighted by atomic mass is 10.1. The first-order valence-corrected chi connectivity index (χ1v) is 6.37. The maximum atomic E-state index is 12.0. The van der Waals surface area contributed by atoms with Crippen molar-refractivity contribution in [3.05, 3.63) is 64.7 Å². The molecule has 0 aromatic heterocycles. The molecule has 0 unspecified atom stereocenters. The first-order chi connectivity index (χ1) is 9.08. The van der Waals surface area contributed by atoms with E-state index in [9.17, 15) is 4.79 Å². The quantitative estimate of drug-likeness (QED) is 0.774. The van der Waals surface area contributed by atoms with E-state index in [-0.39, 0.29) is 12.4 Å². The molecule has 0 saturated heterocycles. The van der Waals surface area contributed by atoms with Crippen LogP contribution in [0.15, 0.2) is 42.5 Å². The van der Waals surface area contributed by atoms with Gasteiger partial charge < -0.3 is 4.74 Å². The van der Waals surface area contributed by atoms with Crippen molar-refractivity contribution in [3.8, 4) is 5.75 Å². The number of aryl methyl sites for hydroxylation is 2. The molecule has 0 aliphatic carbocycles. The van der Waals surface area contributed by atoms with Crippen molar-refractivity contribution in [1.82, 2.24) is 0 Å². The van der Waals surface area contributed by atoms with Gasteiger partial charge in [0.2, 0.25) is 0 Å². The standard InChI is InChI=1S/C17H18O2/c1-12-7-9-15(10-8-12)16(18)11-19-17-6-4-5-13(2)14(17)3/h4-10H,11H2,1-3H3. The molecule has 0 saturated carbocycles. The molecule has 0 radical (unpaired) electrons. The number of rotatable bonds is 4. The zero-order valence-corrected chi connectivity index (χ0v) is 11.6. The Morgan fingerprint density at radius 2 is 1.68 bits per heavy atom. The molecule has 0 atom stereocenters. The molecule has 2 rings (SSSR count). The van der Waals surface area contributed by atoms with Crippen molar-refractivity contribution >= 4 is 5.78 Å². The van der Waals surface area contributed by atoms with E-state index >= 15 is 0 Å². The van der Waals surface area contributed by atoms with Crippen LogP contribution in [-0.4, -0.2) is 12.4 Å². The van der Waals surface area contributed by atoms with E-state index in [1.54, 1.807) is 0 Å². The summed E-state index contributed by atoms with van der Waals surface area (Å²) in [6.45, 7) is 6.11. The lowest BCUT2D eigenvalue weighted by molar-refractivity contribution is 0.0921. The summed E-state index contributed by atoms with van der Waals surface area (Å²) in [4.78, 5) is 12.0. The minimum absolute atomic E-state index is 0.000839. The number of ketones is 1. The monoisotopic (exact) mass is 254 g/mol. The summed E-state index contributed by atoms with van der Waals surface area (Å²) in [6, 6.07) is 13.4. The smallest absolute Gasteiger partial charge is 0.200 e. The minimum Gasteiger partial charge on any atom is -0.485 e. The number of ether oxygens (including phenoxy) is 1. The summed E-state index contributed by atoms with van der Waals surface area (Å²) in [5.41, 5.74) is 4.09. The first-order valence-electron chi connectivity index (χ1n) is 6.37. The Bertz CT molecular complexity index is 583. The SMILES string of the molecule is Cc1ccc(C(=O)COc2cccc(C)c2C)cc1. The molecule has 0 aliphatic rings. The second-order valence-corrected chi connectivity index (χ2v) is 4.78. The van der Waals surface area contributed by atoms with Gasteiger partial charge in [-0.25, -0.2) is 0 Å². The molecule has 0 spiro atoms. The zero-order chi connectivity index (χ0) is 13.8. The number of carbonyl (C=O) groups is 1. The largest absolute Gasteiger partial charge is 0.485 e. The van der Waals surface area contributed by atoms with Gasteiger partial charge in [0.1, 0.15) is 5.75 Å². The van der Waals surface area contributed by atoms with Crippen LogP contribution in [0, 0.1) is 20.8 Å². The van der Waals surface area contributed by atoms with E-state index < -0.39 is 0 Å². The highest BCUT2D eigenvalue weighted by Crippen LogP contribution is 2.20. The van der Waals surface area contributed by atoms with Crippen LogP contribution >= 0.6 is 0 Å². The van der Waals surface area contributed by atoms with Crippen molar-refractivity contribution in [1.29, 1.82) is 0 Å². The fraction of sp³-hybridized carbons (Fsp3) is 0.235. The fourth-order valence-electron chi connectivity index (χ4n) is 1.85. The van der Waals surface area contributed by atoms with Gasteiger partial charge in [0, 0.05) is 5.56 Å². The highest BCUT2D eigenvalue weighted by Gasteiger charge is 2.08. The van der Waals surface area contributed by atoms with E-state index in [0.717, 1.165) is 16.9 Å². The van der Waals surface area contributed by atoms with Crippen LogP contribution in [0.3, 0.4) is 0 Å². The normalized spacial score (nSPS) is 10.3. The van der Waals surface area contributed by atoms with Gasteiger partial charge in [-0.3, -0.25) is 4.79 Å². The molecule has 2 aromatic rings. The molecule has 19 heavy (non-hydrogen) atoms. The maximum absolute atomic E-state index is 12.0. The van der Waals surface area contributed by atoms with Gasteiger partial charge in [-0.05, 0) is 38.0 Å². The van der Waals surface area contributed by atoms with Gasteiger partial charge in [0.15, 0.2) is 12.4 Å². The van der Waals surface area contributed by atoms with Crippen LogP contribution < -0.4 is 4.74 Å². The van der Waals surface area contributed by atoms with Gasteiger partial charge in [-0.2, -0.15) is 0 Å². The van der Waals surface area contributed by atoms with Gasteiger partial charge in [0.25, 0.3) is 0 Å². The molecule has 0 N–H and O–H groups in total. The predicted octanol–water partition coefficient (Wildman–Crippen LogP) is 3.87. The molecule has 0 fully saturated rings. The van der Waals surface area contributed by atoms with Crippen molar-refractivity contribution in [2.24, 2.45) is 0 Å². The van der Waals surface area contributed by atoms with Gasteiger partial charge in [-0.1, -0.05) is 42.0 Å². The van der Waals surface area contributed by atoms with Crippen molar-refractivity contribution in [2.45, 2.75) is 20.8 Å².